The second-order valence-electron chi connectivity index (χ2n) is 8.47. The Balaban J connectivity index is 1.61. The number of anilines is 1. The SMILES string of the molecule is OC[C@@H]1CNCCN1c1nc(-c2ccnc3[nH]c(C(F)(F)F)cc23)nc2cncc(C3=CC=C3)c12. The van der Waals surface area contributed by atoms with Crippen molar-refractivity contribution in [3.8, 4) is 11.4 Å². The quantitative estimate of drug-likeness (QED) is 0.413. The van der Waals surface area contributed by atoms with Gasteiger partial charge in [-0.3, -0.25) is 4.98 Å². The number of pyridine rings is 2. The van der Waals surface area contributed by atoms with E-state index in [1.54, 1.807) is 18.5 Å². The summed E-state index contributed by atoms with van der Waals surface area (Å²) >= 11 is 0. The van der Waals surface area contributed by atoms with Gasteiger partial charge in [0.05, 0.1) is 29.7 Å². The zero-order valence-corrected chi connectivity index (χ0v) is 18.3. The van der Waals surface area contributed by atoms with E-state index in [-0.39, 0.29) is 29.5 Å². The number of H-pyrrole nitrogens is 1. The van der Waals surface area contributed by atoms with Crippen molar-refractivity contribution in [3.63, 3.8) is 0 Å². The van der Waals surface area contributed by atoms with Crippen LogP contribution >= 0.6 is 0 Å². The van der Waals surface area contributed by atoms with Crippen LogP contribution in [0.2, 0.25) is 0 Å². The molecule has 35 heavy (non-hydrogen) atoms. The van der Waals surface area contributed by atoms with E-state index >= 15 is 0 Å². The van der Waals surface area contributed by atoms with Crippen molar-refractivity contribution in [1.82, 2.24) is 30.2 Å². The van der Waals surface area contributed by atoms with Crippen LogP contribution in [0.15, 0.2) is 49.0 Å². The van der Waals surface area contributed by atoms with Gasteiger partial charge in [-0.2, -0.15) is 13.2 Å². The summed E-state index contributed by atoms with van der Waals surface area (Å²) in [5.74, 6) is 0.876. The minimum atomic E-state index is -4.54. The number of alkyl halides is 3. The van der Waals surface area contributed by atoms with Gasteiger partial charge in [-0.15, -0.1) is 0 Å². The lowest BCUT2D eigenvalue weighted by Gasteiger charge is -2.37. The summed E-state index contributed by atoms with van der Waals surface area (Å²) in [6, 6.07) is 2.42. The smallest absolute Gasteiger partial charge is 0.394 e. The summed E-state index contributed by atoms with van der Waals surface area (Å²) in [6.45, 7) is 1.80. The number of aromatic amines is 1. The maximum Gasteiger partial charge on any atom is 0.431 e. The second kappa shape index (κ2) is 8.14. The highest BCUT2D eigenvalue weighted by atomic mass is 19.4. The van der Waals surface area contributed by atoms with E-state index in [0.29, 0.717) is 36.5 Å². The monoisotopic (exact) mass is 479 g/mol. The highest BCUT2D eigenvalue weighted by Crippen LogP contribution is 2.38. The number of aliphatic hydroxyl groups excluding tert-OH is 1. The van der Waals surface area contributed by atoms with Gasteiger partial charge < -0.3 is 20.3 Å². The maximum absolute atomic E-state index is 13.4. The average Bonchev–Trinajstić information content (AvgIpc) is 3.28. The maximum atomic E-state index is 13.4. The number of hydrogen-bond donors (Lipinski definition) is 3. The van der Waals surface area contributed by atoms with Crippen LogP contribution in [0.1, 0.15) is 11.3 Å². The number of halogens is 3. The molecule has 0 aromatic carbocycles. The summed E-state index contributed by atoms with van der Waals surface area (Å²) < 4.78 is 40.1. The Morgan fingerprint density at radius 2 is 2.03 bits per heavy atom. The standard InChI is InChI=1S/C24H20F3N7O/c25-24(26,27)19-8-16-15(4-5-30-21(16)32-19)22-31-18-11-29-10-17(13-2-1-3-13)20(18)23(33-22)34-7-6-28-9-14(34)12-35/h1-5,8,10-11,14,28,35H,6-7,9,12H2,(H,30,32)/t14-/m0/s1. The van der Waals surface area contributed by atoms with Gasteiger partial charge in [0.15, 0.2) is 5.82 Å². The number of nitrogens with one attached hydrogen (secondary N) is 2. The molecule has 4 aromatic rings. The number of fused-ring (bicyclic) bond motifs is 2. The first-order chi connectivity index (χ1) is 16.9. The van der Waals surface area contributed by atoms with Crippen molar-refractivity contribution >= 4 is 33.3 Å². The summed E-state index contributed by atoms with van der Waals surface area (Å²) in [6.07, 6.45) is 6.16. The van der Waals surface area contributed by atoms with Crippen molar-refractivity contribution in [2.24, 2.45) is 0 Å². The van der Waals surface area contributed by atoms with Gasteiger partial charge >= 0.3 is 6.18 Å². The van der Waals surface area contributed by atoms with Crippen molar-refractivity contribution in [1.29, 1.82) is 0 Å². The molecule has 1 fully saturated rings. The second-order valence-corrected chi connectivity index (χ2v) is 8.47. The molecule has 1 aliphatic carbocycles. The highest BCUT2D eigenvalue weighted by Gasteiger charge is 2.33. The number of nitrogens with zero attached hydrogens (tertiary/aromatic N) is 5. The Kier molecular flexibility index (Phi) is 5.04. The van der Waals surface area contributed by atoms with E-state index in [0.717, 1.165) is 22.6 Å². The summed E-state index contributed by atoms with van der Waals surface area (Å²) in [5.41, 5.74) is 2.06. The molecule has 0 amide bonds. The zero-order chi connectivity index (χ0) is 24.2. The van der Waals surface area contributed by atoms with Crippen molar-refractivity contribution < 1.29 is 18.3 Å². The molecule has 0 bridgehead atoms. The lowest BCUT2D eigenvalue weighted by atomic mass is 9.97. The Labute approximate surface area is 197 Å². The van der Waals surface area contributed by atoms with E-state index in [1.807, 2.05) is 23.1 Å². The molecule has 178 valence electrons. The van der Waals surface area contributed by atoms with Crippen LogP contribution in [0.3, 0.4) is 0 Å². The predicted molar refractivity (Wildman–Crippen MR) is 126 cm³/mol. The molecule has 3 N–H and O–H groups in total. The summed E-state index contributed by atoms with van der Waals surface area (Å²) in [7, 11) is 0. The molecule has 1 aliphatic heterocycles. The average molecular weight is 479 g/mol. The van der Waals surface area contributed by atoms with Gasteiger partial charge in [-0.1, -0.05) is 18.2 Å². The number of allylic oxidation sites excluding steroid dienone is 4. The minimum absolute atomic E-state index is 0.0803. The highest BCUT2D eigenvalue weighted by molar-refractivity contribution is 6.03. The first-order valence-electron chi connectivity index (χ1n) is 11.1. The predicted octanol–water partition coefficient (Wildman–Crippen LogP) is 3.31. The number of hydrogen-bond acceptors (Lipinski definition) is 7. The van der Waals surface area contributed by atoms with Crippen LogP contribution in [0.25, 0.3) is 38.9 Å². The lowest BCUT2D eigenvalue weighted by Crippen LogP contribution is -2.53. The molecular weight excluding hydrogens is 459 g/mol. The Hall–Kier alpha value is -3.83. The van der Waals surface area contributed by atoms with Crippen LogP contribution in [-0.4, -0.2) is 62.3 Å². The van der Waals surface area contributed by atoms with E-state index in [4.69, 9.17) is 9.97 Å². The first kappa shape index (κ1) is 21.7. The molecular formula is C24H20F3N7O. The lowest BCUT2D eigenvalue weighted by molar-refractivity contribution is -0.140. The number of rotatable bonds is 4. The van der Waals surface area contributed by atoms with E-state index < -0.39 is 11.9 Å². The fourth-order valence-corrected chi connectivity index (χ4v) is 4.56. The van der Waals surface area contributed by atoms with E-state index in [1.165, 1.54) is 6.20 Å². The van der Waals surface area contributed by atoms with Gasteiger partial charge in [-0.25, -0.2) is 15.0 Å². The van der Waals surface area contributed by atoms with Crippen molar-refractivity contribution in [3.05, 3.63) is 60.2 Å². The number of aromatic nitrogens is 5. The fraction of sp³-hybridized carbons (Fsp3) is 0.250. The Morgan fingerprint density at radius 1 is 1.17 bits per heavy atom. The number of aliphatic hydroxyl groups is 1. The topological polar surface area (TPSA) is 103 Å². The van der Waals surface area contributed by atoms with Crippen LogP contribution in [0, 0.1) is 0 Å². The molecule has 2 aliphatic rings. The zero-order valence-electron chi connectivity index (χ0n) is 18.3. The van der Waals surface area contributed by atoms with Gasteiger partial charge in [0.25, 0.3) is 0 Å². The van der Waals surface area contributed by atoms with Gasteiger partial charge in [0, 0.05) is 48.5 Å². The molecule has 1 saturated heterocycles. The third kappa shape index (κ3) is 3.63. The summed E-state index contributed by atoms with van der Waals surface area (Å²) in [5, 5.41) is 14.4. The van der Waals surface area contributed by atoms with Gasteiger partial charge in [0.2, 0.25) is 0 Å². The van der Waals surface area contributed by atoms with Gasteiger partial charge in [-0.05, 0) is 17.7 Å². The molecule has 0 spiro atoms. The largest absolute Gasteiger partial charge is 0.431 e. The molecule has 11 heteroatoms. The number of piperazine rings is 1. The molecule has 4 aromatic heterocycles. The third-order valence-corrected chi connectivity index (χ3v) is 6.36. The molecule has 5 heterocycles. The fourth-order valence-electron chi connectivity index (χ4n) is 4.56. The normalized spacial score (nSPS) is 18.2. The minimum Gasteiger partial charge on any atom is -0.394 e. The van der Waals surface area contributed by atoms with Crippen LogP contribution in [-0.2, 0) is 6.18 Å². The molecule has 0 unspecified atom stereocenters. The first-order valence-corrected chi connectivity index (χ1v) is 11.1. The van der Waals surface area contributed by atoms with Crippen molar-refractivity contribution in [2.75, 3.05) is 31.1 Å². The van der Waals surface area contributed by atoms with Gasteiger partial charge in [0.1, 0.15) is 17.2 Å². The Bertz CT molecular complexity index is 1510. The van der Waals surface area contributed by atoms with E-state index in [9.17, 15) is 18.3 Å². The molecule has 6 rings (SSSR count). The molecule has 0 radical (unpaired) electrons. The summed E-state index contributed by atoms with van der Waals surface area (Å²) in [4.78, 5) is 22.4. The van der Waals surface area contributed by atoms with Crippen molar-refractivity contribution in [2.45, 2.75) is 12.2 Å². The van der Waals surface area contributed by atoms with E-state index in [2.05, 4.69) is 20.3 Å². The molecule has 8 nitrogen and oxygen atoms in total. The van der Waals surface area contributed by atoms with Crippen LogP contribution < -0.4 is 10.2 Å². The van der Waals surface area contributed by atoms with Crippen LogP contribution in [0.5, 0.6) is 0 Å². The van der Waals surface area contributed by atoms with Crippen LogP contribution in [0.4, 0.5) is 19.0 Å². The Morgan fingerprint density at radius 3 is 2.77 bits per heavy atom. The third-order valence-electron chi connectivity index (χ3n) is 6.36. The molecule has 1 atom stereocenters. The molecule has 0 saturated carbocycles.